The molecule has 2 N–H and O–H groups in total. The molecule has 0 atom stereocenters. The number of benzene rings is 2. The van der Waals surface area contributed by atoms with Crippen LogP contribution in [0.15, 0.2) is 77.5 Å². The Morgan fingerprint density at radius 3 is 2.45 bits per heavy atom. The van der Waals surface area contributed by atoms with Crippen LogP contribution in [0, 0.1) is 0 Å². The first kappa shape index (κ1) is 21.1. The van der Waals surface area contributed by atoms with Crippen LogP contribution in [0.3, 0.4) is 0 Å². The van der Waals surface area contributed by atoms with Crippen molar-refractivity contribution in [2.45, 2.75) is 39.2 Å². The van der Waals surface area contributed by atoms with Crippen LogP contribution in [0.1, 0.15) is 38.5 Å². The van der Waals surface area contributed by atoms with Gasteiger partial charge in [0.25, 0.3) is 0 Å². The average molecular weight is 414 g/mol. The number of furan rings is 1. The van der Waals surface area contributed by atoms with Crippen molar-refractivity contribution in [2.24, 2.45) is 0 Å². The molecule has 0 bridgehead atoms. The van der Waals surface area contributed by atoms with Gasteiger partial charge in [-0.15, -0.1) is 0 Å². The zero-order valence-electron chi connectivity index (χ0n) is 18.6. The second-order valence-electron chi connectivity index (χ2n) is 8.95. The number of fused-ring (bicyclic) bond motifs is 1. The first-order valence-corrected chi connectivity index (χ1v) is 11.0. The number of hydrogen-bond acceptors (Lipinski definition) is 4. The Kier molecular flexibility index (Phi) is 6.38. The van der Waals surface area contributed by atoms with Crippen molar-refractivity contribution in [3.63, 3.8) is 0 Å². The highest BCUT2D eigenvalue weighted by Crippen LogP contribution is 2.29. The van der Waals surface area contributed by atoms with Crippen molar-refractivity contribution in [3.05, 3.63) is 84.4 Å². The molecular weight excluding hydrogens is 382 g/mol. The van der Waals surface area contributed by atoms with Gasteiger partial charge in [0.2, 0.25) is 0 Å². The molecule has 0 fully saturated rings. The Morgan fingerprint density at radius 2 is 1.71 bits per heavy atom. The third kappa shape index (κ3) is 5.33. The molecule has 0 unspecified atom stereocenters. The lowest BCUT2D eigenvalue weighted by Gasteiger charge is -2.19. The quantitative estimate of drug-likeness (QED) is 0.329. The maximum atomic E-state index is 5.33. The highest BCUT2D eigenvalue weighted by molar-refractivity contribution is 5.93. The van der Waals surface area contributed by atoms with Crippen LogP contribution in [0.25, 0.3) is 22.0 Å². The monoisotopic (exact) mass is 413 g/mol. The van der Waals surface area contributed by atoms with E-state index >= 15 is 0 Å². The van der Waals surface area contributed by atoms with Crippen LogP contribution in [-0.4, -0.2) is 18.1 Å². The molecule has 4 heteroatoms. The smallest absolute Gasteiger partial charge is 0.117 e. The first-order chi connectivity index (χ1) is 15.0. The van der Waals surface area contributed by atoms with Crippen molar-refractivity contribution in [3.8, 4) is 11.1 Å². The molecule has 0 saturated carbocycles. The number of hydrogen-bond donors (Lipinski definition) is 2. The number of rotatable bonds is 8. The summed E-state index contributed by atoms with van der Waals surface area (Å²) in [6.45, 7) is 9.33. The molecule has 2 aromatic carbocycles. The van der Waals surface area contributed by atoms with E-state index in [4.69, 9.17) is 4.42 Å². The molecule has 0 amide bonds. The van der Waals surface area contributed by atoms with Gasteiger partial charge in [-0.1, -0.05) is 57.2 Å². The van der Waals surface area contributed by atoms with Gasteiger partial charge in [0.05, 0.1) is 18.3 Å². The van der Waals surface area contributed by atoms with Crippen LogP contribution in [0.5, 0.6) is 0 Å². The minimum Gasteiger partial charge on any atom is -0.468 e. The lowest BCUT2D eigenvalue weighted by atomic mass is 9.86. The molecule has 2 heterocycles. The minimum absolute atomic E-state index is 0.165. The van der Waals surface area contributed by atoms with Gasteiger partial charge in [-0.3, -0.25) is 4.98 Å². The fraction of sp³-hybridized carbons (Fsp3) is 0.296. The van der Waals surface area contributed by atoms with E-state index < -0.39 is 0 Å². The van der Waals surface area contributed by atoms with Crippen LogP contribution < -0.4 is 10.6 Å². The Labute approximate surface area is 184 Å². The van der Waals surface area contributed by atoms with Gasteiger partial charge in [0.15, 0.2) is 0 Å². The fourth-order valence-electron chi connectivity index (χ4n) is 3.71. The summed E-state index contributed by atoms with van der Waals surface area (Å²) < 4.78 is 5.33. The van der Waals surface area contributed by atoms with E-state index in [1.165, 1.54) is 16.7 Å². The van der Waals surface area contributed by atoms with Crippen molar-refractivity contribution in [1.29, 1.82) is 0 Å². The third-order valence-corrected chi connectivity index (χ3v) is 5.55. The second-order valence-corrected chi connectivity index (χ2v) is 8.95. The summed E-state index contributed by atoms with van der Waals surface area (Å²) in [6.07, 6.45) is 4.62. The molecule has 0 spiro atoms. The van der Waals surface area contributed by atoms with E-state index in [2.05, 4.69) is 84.9 Å². The van der Waals surface area contributed by atoms with Crippen molar-refractivity contribution < 1.29 is 4.42 Å². The van der Waals surface area contributed by atoms with Gasteiger partial charge >= 0.3 is 0 Å². The van der Waals surface area contributed by atoms with E-state index in [0.29, 0.717) is 0 Å². The lowest BCUT2D eigenvalue weighted by molar-refractivity contribution is 0.482. The maximum absolute atomic E-state index is 5.33. The Bertz CT molecular complexity index is 1110. The molecule has 0 aliphatic rings. The topological polar surface area (TPSA) is 50.1 Å². The van der Waals surface area contributed by atoms with Crippen LogP contribution in [0.4, 0.5) is 5.69 Å². The Balaban J connectivity index is 1.38. The molecule has 31 heavy (non-hydrogen) atoms. The first-order valence-electron chi connectivity index (χ1n) is 11.0. The number of anilines is 1. The van der Waals surface area contributed by atoms with E-state index in [9.17, 15) is 0 Å². The molecule has 4 rings (SSSR count). The molecule has 0 aliphatic carbocycles. The third-order valence-electron chi connectivity index (χ3n) is 5.55. The summed E-state index contributed by atoms with van der Waals surface area (Å²) in [5.41, 5.74) is 6.07. The normalized spacial score (nSPS) is 11.7. The molecule has 2 aromatic heterocycles. The van der Waals surface area contributed by atoms with E-state index in [0.717, 1.165) is 48.4 Å². The zero-order chi connectivity index (χ0) is 21.7. The highest BCUT2D eigenvalue weighted by atomic mass is 16.3. The minimum atomic E-state index is 0.165. The molecule has 0 saturated heterocycles. The summed E-state index contributed by atoms with van der Waals surface area (Å²) in [6, 6.07) is 21.4. The van der Waals surface area contributed by atoms with Gasteiger partial charge in [-0.2, -0.15) is 0 Å². The molecule has 160 valence electrons. The van der Waals surface area contributed by atoms with Gasteiger partial charge in [-0.25, -0.2) is 0 Å². The Hall–Kier alpha value is -3.11. The van der Waals surface area contributed by atoms with Crippen LogP contribution >= 0.6 is 0 Å². The predicted molar refractivity (Wildman–Crippen MR) is 129 cm³/mol. The van der Waals surface area contributed by atoms with Crippen LogP contribution in [0.2, 0.25) is 0 Å². The van der Waals surface area contributed by atoms with E-state index in [-0.39, 0.29) is 5.41 Å². The molecule has 4 nitrogen and oxygen atoms in total. The fourth-order valence-corrected chi connectivity index (χ4v) is 3.71. The largest absolute Gasteiger partial charge is 0.468 e. The van der Waals surface area contributed by atoms with Gasteiger partial charge in [0.1, 0.15) is 5.76 Å². The zero-order valence-corrected chi connectivity index (χ0v) is 18.6. The number of nitrogens with one attached hydrogen (secondary N) is 2. The molecular formula is C27H31N3O. The lowest BCUT2D eigenvalue weighted by Crippen LogP contribution is -2.17. The van der Waals surface area contributed by atoms with Gasteiger partial charge < -0.3 is 15.1 Å². The molecule has 0 aliphatic heterocycles. The number of pyridine rings is 1. The summed E-state index contributed by atoms with van der Waals surface area (Å²) in [7, 11) is 0. The predicted octanol–water partition coefficient (Wildman–Crippen LogP) is 6.38. The van der Waals surface area contributed by atoms with Crippen molar-refractivity contribution >= 4 is 16.6 Å². The highest BCUT2D eigenvalue weighted by Gasteiger charge is 2.13. The number of nitrogens with zero attached hydrogens (tertiary/aromatic N) is 1. The molecule has 0 radical (unpaired) electrons. The van der Waals surface area contributed by atoms with Gasteiger partial charge in [0, 0.05) is 23.8 Å². The van der Waals surface area contributed by atoms with E-state index in [1.54, 1.807) is 6.26 Å². The SMILES string of the molecule is CC(C)(C)c1ccc(-c2ccc3c(NCCCNCc4ccco4)ccnc3c2)cc1. The van der Waals surface area contributed by atoms with Crippen molar-refractivity contribution in [2.75, 3.05) is 18.4 Å². The summed E-state index contributed by atoms with van der Waals surface area (Å²) in [5.74, 6) is 0.969. The molecule has 4 aromatic rings. The summed E-state index contributed by atoms with van der Waals surface area (Å²) in [4.78, 5) is 4.61. The average Bonchev–Trinajstić information content (AvgIpc) is 3.29. The Morgan fingerprint density at radius 1 is 0.903 bits per heavy atom. The van der Waals surface area contributed by atoms with Crippen LogP contribution in [-0.2, 0) is 12.0 Å². The standard InChI is InChI=1S/C27H31N3O/c1-27(2,3)22-10-7-20(8-11-22)21-9-12-24-25(13-16-30-26(24)18-21)29-15-5-14-28-19-23-6-4-17-31-23/h4,6-13,16-18,28H,5,14-15,19H2,1-3H3,(H,29,30). The van der Waals surface area contributed by atoms with Gasteiger partial charge in [-0.05, 0) is 59.3 Å². The maximum Gasteiger partial charge on any atom is 0.117 e. The summed E-state index contributed by atoms with van der Waals surface area (Å²) >= 11 is 0. The second kappa shape index (κ2) is 9.36. The van der Waals surface area contributed by atoms with Crippen molar-refractivity contribution in [1.82, 2.24) is 10.3 Å². The summed E-state index contributed by atoms with van der Waals surface area (Å²) in [5, 5.41) is 8.12. The van der Waals surface area contributed by atoms with E-state index in [1.807, 2.05) is 18.3 Å². The number of aromatic nitrogens is 1.